The lowest BCUT2D eigenvalue weighted by atomic mass is 10.0. The number of nitrogens with one attached hydrogen (secondary N) is 2. The summed E-state index contributed by atoms with van der Waals surface area (Å²) in [6.07, 6.45) is 3.33. The maximum Gasteiger partial charge on any atom is 0.257 e. The highest BCUT2D eigenvalue weighted by atomic mass is 16.2. The first-order valence-corrected chi connectivity index (χ1v) is 10.7. The van der Waals surface area contributed by atoms with Crippen molar-refractivity contribution in [2.24, 2.45) is 0 Å². The molecule has 0 aliphatic carbocycles. The molecule has 7 nitrogen and oxygen atoms in total. The number of hydrogen-bond donors (Lipinski definition) is 2. The molecule has 0 unspecified atom stereocenters. The van der Waals surface area contributed by atoms with Gasteiger partial charge in [-0.25, -0.2) is 0 Å². The molecule has 2 heterocycles. The third-order valence-electron chi connectivity index (χ3n) is 5.53. The van der Waals surface area contributed by atoms with Crippen LogP contribution in [0.5, 0.6) is 0 Å². The van der Waals surface area contributed by atoms with E-state index in [0.29, 0.717) is 16.9 Å². The Kier molecular flexibility index (Phi) is 6.47. The zero-order valence-corrected chi connectivity index (χ0v) is 18.3. The lowest BCUT2D eigenvalue weighted by Gasteiger charge is -2.34. The number of pyridine rings is 1. The molecule has 0 radical (unpaired) electrons. The van der Waals surface area contributed by atoms with E-state index in [1.54, 1.807) is 36.7 Å². The molecule has 2 amide bonds. The summed E-state index contributed by atoms with van der Waals surface area (Å²) in [7, 11) is 2.15. The normalized spacial score (nSPS) is 14.1. The van der Waals surface area contributed by atoms with E-state index < -0.39 is 0 Å². The van der Waals surface area contributed by atoms with Crippen molar-refractivity contribution in [1.29, 1.82) is 0 Å². The van der Waals surface area contributed by atoms with Gasteiger partial charge in [-0.1, -0.05) is 12.1 Å². The van der Waals surface area contributed by atoms with Gasteiger partial charge in [-0.2, -0.15) is 0 Å². The van der Waals surface area contributed by atoms with Gasteiger partial charge in [0.25, 0.3) is 5.91 Å². The molecule has 0 bridgehead atoms. The highest BCUT2D eigenvalue weighted by Gasteiger charge is 2.14. The van der Waals surface area contributed by atoms with Gasteiger partial charge in [-0.3, -0.25) is 14.6 Å². The fourth-order valence-electron chi connectivity index (χ4n) is 3.69. The van der Waals surface area contributed by atoms with Crippen LogP contribution in [0.2, 0.25) is 0 Å². The van der Waals surface area contributed by atoms with Crippen LogP contribution in [0.3, 0.4) is 0 Å². The first-order chi connectivity index (χ1) is 15.5. The molecule has 1 aliphatic rings. The second kappa shape index (κ2) is 9.62. The zero-order chi connectivity index (χ0) is 22.5. The molecule has 0 saturated carbocycles. The summed E-state index contributed by atoms with van der Waals surface area (Å²) in [5.74, 6) is -0.373. The van der Waals surface area contributed by atoms with Gasteiger partial charge in [-0.05, 0) is 55.1 Å². The lowest BCUT2D eigenvalue weighted by molar-refractivity contribution is -0.114. The number of hydrogen-bond acceptors (Lipinski definition) is 5. The third kappa shape index (κ3) is 5.31. The van der Waals surface area contributed by atoms with E-state index >= 15 is 0 Å². The molecular weight excluding hydrogens is 402 g/mol. The van der Waals surface area contributed by atoms with Crippen LogP contribution in [-0.4, -0.2) is 54.9 Å². The van der Waals surface area contributed by atoms with Crippen LogP contribution in [0.25, 0.3) is 11.1 Å². The molecule has 1 aliphatic heterocycles. The van der Waals surface area contributed by atoms with Crippen LogP contribution in [0, 0.1) is 0 Å². The first kappa shape index (κ1) is 21.5. The molecule has 1 aromatic heterocycles. The number of nitrogens with zero attached hydrogens (tertiary/aromatic N) is 3. The SMILES string of the molecule is CC(=O)Nc1ccc(NC(=O)c2cncc(-c3ccc(N4CCN(C)CC4)cc3)c2)cc1. The van der Waals surface area contributed by atoms with Crippen LogP contribution in [0.4, 0.5) is 17.1 Å². The molecule has 164 valence electrons. The minimum atomic E-state index is -0.235. The van der Waals surface area contributed by atoms with E-state index in [1.807, 2.05) is 6.07 Å². The van der Waals surface area contributed by atoms with E-state index in [0.717, 1.165) is 37.3 Å². The van der Waals surface area contributed by atoms with Crippen molar-refractivity contribution in [1.82, 2.24) is 9.88 Å². The van der Waals surface area contributed by atoms with E-state index in [1.165, 1.54) is 12.6 Å². The standard InChI is InChI=1S/C25H27N5O2/c1-18(31)27-22-5-7-23(8-6-22)28-25(32)21-15-20(16-26-17-21)19-3-9-24(10-4-19)30-13-11-29(2)12-14-30/h3-10,15-17H,11-14H2,1-2H3,(H,27,31)(H,28,32). The molecular formula is C25H27N5O2. The first-order valence-electron chi connectivity index (χ1n) is 10.7. The van der Waals surface area contributed by atoms with Crippen molar-refractivity contribution in [3.8, 4) is 11.1 Å². The topological polar surface area (TPSA) is 77.6 Å². The number of piperazine rings is 1. The average Bonchev–Trinajstić information content (AvgIpc) is 2.81. The Morgan fingerprint density at radius 3 is 2.06 bits per heavy atom. The van der Waals surface area contributed by atoms with Gasteiger partial charge in [0, 0.05) is 68.1 Å². The Morgan fingerprint density at radius 2 is 1.44 bits per heavy atom. The van der Waals surface area contributed by atoms with Crippen molar-refractivity contribution in [2.45, 2.75) is 6.92 Å². The highest BCUT2D eigenvalue weighted by Crippen LogP contribution is 2.24. The van der Waals surface area contributed by atoms with E-state index in [9.17, 15) is 9.59 Å². The molecule has 2 N–H and O–H groups in total. The third-order valence-corrected chi connectivity index (χ3v) is 5.53. The van der Waals surface area contributed by atoms with Crippen LogP contribution in [-0.2, 0) is 4.79 Å². The Bertz CT molecular complexity index is 1090. The van der Waals surface area contributed by atoms with Crippen molar-refractivity contribution in [2.75, 3.05) is 48.8 Å². The molecule has 7 heteroatoms. The second-order valence-corrected chi connectivity index (χ2v) is 8.01. The molecule has 32 heavy (non-hydrogen) atoms. The van der Waals surface area contributed by atoms with Gasteiger partial charge in [0.1, 0.15) is 0 Å². The number of anilines is 3. The van der Waals surface area contributed by atoms with Crippen molar-refractivity contribution in [3.05, 3.63) is 72.6 Å². The van der Waals surface area contributed by atoms with Crippen LogP contribution in [0.1, 0.15) is 17.3 Å². The molecule has 1 fully saturated rings. The van der Waals surface area contributed by atoms with Gasteiger partial charge in [-0.15, -0.1) is 0 Å². The van der Waals surface area contributed by atoms with Gasteiger partial charge in [0.15, 0.2) is 0 Å². The molecule has 3 aromatic rings. The van der Waals surface area contributed by atoms with E-state index in [-0.39, 0.29) is 11.8 Å². The maximum atomic E-state index is 12.7. The van der Waals surface area contributed by atoms with E-state index in [2.05, 4.69) is 56.7 Å². The molecule has 1 saturated heterocycles. The largest absolute Gasteiger partial charge is 0.369 e. The Labute approximate surface area is 188 Å². The fraction of sp³-hybridized carbons (Fsp3) is 0.240. The van der Waals surface area contributed by atoms with Gasteiger partial charge < -0.3 is 20.4 Å². The predicted molar refractivity (Wildman–Crippen MR) is 128 cm³/mol. The highest BCUT2D eigenvalue weighted by molar-refractivity contribution is 6.04. The number of aromatic nitrogens is 1. The number of carbonyl (C=O) groups excluding carboxylic acids is 2. The fourth-order valence-corrected chi connectivity index (χ4v) is 3.69. The number of likely N-dealkylation sites (N-methyl/N-ethyl adjacent to an activating group) is 1. The average molecular weight is 430 g/mol. The quantitative estimate of drug-likeness (QED) is 0.647. The van der Waals surface area contributed by atoms with Crippen LogP contribution >= 0.6 is 0 Å². The Morgan fingerprint density at radius 1 is 0.812 bits per heavy atom. The predicted octanol–water partition coefficient (Wildman–Crippen LogP) is 3.71. The summed E-state index contributed by atoms with van der Waals surface area (Å²) in [4.78, 5) is 32.8. The lowest BCUT2D eigenvalue weighted by Crippen LogP contribution is -2.44. The minimum Gasteiger partial charge on any atom is -0.369 e. The number of carbonyl (C=O) groups is 2. The summed E-state index contributed by atoms with van der Waals surface area (Å²) in [6, 6.07) is 17.2. The second-order valence-electron chi connectivity index (χ2n) is 8.01. The van der Waals surface area contributed by atoms with Crippen molar-refractivity contribution in [3.63, 3.8) is 0 Å². The molecule has 0 spiro atoms. The van der Waals surface area contributed by atoms with Crippen LogP contribution in [0.15, 0.2) is 67.0 Å². The molecule has 4 rings (SSSR count). The number of benzene rings is 2. The monoisotopic (exact) mass is 429 g/mol. The number of rotatable bonds is 5. The Balaban J connectivity index is 1.43. The van der Waals surface area contributed by atoms with Gasteiger partial charge in [0.2, 0.25) is 5.91 Å². The van der Waals surface area contributed by atoms with Crippen molar-refractivity contribution >= 4 is 28.9 Å². The Hall–Kier alpha value is -3.71. The smallest absolute Gasteiger partial charge is 0.257 e. The molecule has 0 atom stereocenters. The van der Waals surface area contributed by atoms with Gasteiger partial charge in [0.05, 0.1) is 5.56 Å². The molecule has 2 aromatic carbocycles. The van der Waals surface area contributed by atoms with Crippen molar-refractivity contribution < 1.29 is 9.59 Å². The minimum absolute atomic E-state index is 0.138. The summed E-state index contributed by atoms with van der Waals surface area (Å²) >= 11 is 0. The summed E-state index contributed by atoms with van der Waals surface area (Å²) in [5.41, 5.74) is 4.93. The van der Waals surface area contributed by atoms with Gasteiger partial charge >= 0.3 is 0 Å². The summed E-state index contributed by atoms with van der Waals surface area (Å²) in [5, 5.41) is 5.57. The van der Waals surface area contributed by atoms with E-state index in [4.69, 9.17) is 0 Å². The zero-order valence-electron chi connectivity index (χ0n) is 18.3. The maximum absolute atomic E-state index is 12.7. The summed E-state index contributed by atoms with van der Waals surface area (Å²) < 4.78 is 0. The van der Waals surface area contributed by atoms with Crippen LogP contribution < -0.4 is 15.5 Å². The number of amides is 2. The summed E-state index contributed by atoms with van der Waals surface area (Å²) in [6.45, 7) is 5.64.